The van der Waals surface area contributed by atoms with Gasteiger partial charge in [-0.2, -0.15) is 11.3 Å². The van der Waals surface area contributed by atoms with Crippen LogP contribution >= 0.6 is 11.3 Å². The van der Waals surface area contributed by atoms with Crippen molar-refractivity contribution >= 4 is 17.0 Å². The number of aromatic nitrogens is 3. The van der Waals surface area contributed by atoms with Crippen molar-refractivity contribution in [2.45, 2.75) is 0 Å². The summed E-state index contributed by atoms with van der Waals surface area (Å²) in [6.45, 7) is 0. The van der Waals surface area contributed by atoms with Gasteiger partial charge < -0.3 is 0 Å². The van der Waals surface area contributed by atoms with Gasteiger partial charge in [-0.05, 0) is 17.5 Å². The third-order valence-electron chi connectivity index (χ3n) is 2.13. The summed E-state index contributed by atoms with van der Waals surface area (Å²) in [6, 6.07) is 4.09. The first-order valence-corrected chi connectivity index (χ1v) is 5.19. The number of hydrogen-bond acceptors (Lipinski definition) is 3. The zero-order valence-electron chi connectivity index (χ0n) is 7.29. The van der Waals surface area contributed by atoms with Gasteiger partial charge in [0.15, 0.2) is 5.65 Å². The van der Waals surface area contributed by atoms with Crippen molar-refractivity contribution in [3.05, 3.63) is 41.6 Å². The Morgan fingerprint density at radius 1 is 1.29 bits per heavy atom. The fourth-order valence-corrected chi connectivity index (χ4v) is 2.13. The van der Waals surface area contributed by atoms with Gasteiger partial charge in [0.2, 0.25) is 0 Å². The highest BCUT2D eigenvalue weighted by Crippen LogP contribution is 2.21. The first-order chi connectivity index (χ1) is 6.95. The van der Waals surface area contributed by atoms with Crippen molar-refractivity contribution in [2.24, 2.45) is 0 Å². The lowest BCUT2D eigenvalue weighted by Crippen LogP contribution is -1.90. The predicted molar refractivity (Wildman–Crippen MR) is 56.3 cm³/mol. The SMILES string of the molecule is c1cc(-c2ccsc2)n2cncc2n1. The van der Waals surface area contributed by atoms with Crippen LogP contribution in [0.25, 0.3) is 16.9 Å². The molecule has 0 aliphatic rings. The van der Waals surface area contributed by atoms with Crippen LogP contribution in [0.5, 0.6) is 0 Å². The van der Waals surface area contributed by atoms with Gasteiger partial charge in [0.25, 0.3) is 0 Å². The number of hydrogen-bond donors (Lipinski definition) is 0. The van der Waals surface area contributed by atoms with E-state index in [1.807, 2.05) is 16.7 Å². The molecule has 3 nitrogen and oxygen atoms in total. The van der Waals surface area contributed by atoms with E-state index < -0.39 is 0 Å². The maximum atomic E-state index is 4.22. The van der Waals surface area contributed by atoms with Crippen LogP contribution in [0.2, 0.25) is 0 Å². The molecule has 68 valence electrons. The molecule has 0 radical (unpaired) electrons. The fraction of sp³-hybridized carbons (Fsp3) is 0. The summed E-state index contributed by atoms with van der Waals surface area (Å²) in [7, 11) is 0. The summed E-state index contributed by atoms with van der Waals surface area (Å²) < 4.78 is 1.99. The number of fused-ring (bicyclic) bond motifs is 1. The first kappa shape index (κ1) is 7.70. The van der Waals surface area contributed by atoms with Gasteiger partial charge in [-0.15, -0.1) is 0 Å². The largest absolute Gasteiger partial charge is 0.283 e. The maximum absolute atomic E-state index is 4.22. The summed E-state index contributed by atoms with van der Waals surface area (Å²) in [6.07, 6.45) is 5.36. The Morgan fingerprint density at radius 2 is 2.29 bits per heavy atom. The molecule has 14 heavy (non-hydrogen) atoms. The molecule has 0 N–H and O–H groups in total. The molecule has 0 atom stereocenters. The second-order valence-electron chi connectivity index (χ2n) is 2.96. The Bertz CT molecular complexity index is 554. The molecule has 0 spiro atoms. The summed E-state index contributed by atoms with van der Waals surface area (Å²) in [5.41, 5.74) is 3.22. The van der Waals surface area contributed by atoms with Crippen molar-refractivity contribution < 1.29 is 0 Å². The molecule has 0 amide bonds. The normalized spacial score (nSPS) is 10.9. The third-order valence-corrected chi connectivity index (χ3v) is 2.82. The number of nitrogens with zero attached hydrogens (tertiary/aromatic N) is 3. The Hall–Kier alpha value is -1.68. The zero-order chi connectivity index (χ0) is 9.38. The molecule has 0 bridgehead atoms. The minimum atomic E-state index is 0.883. The molecule has 0 saturated carbocycles. The van der Waals surface area contributed by atoms with Crippen LogP contribution in [0.3, 0.4) is 0 Å². The molecule has 0 aliphatic carbocycles. The molecular formula is C10H7N3S. The molecule has 0 unspecified atom stereocenters. The van der Waals surface area contributed by atoms with Crippen LogP contribution in [0.1, 0.15) is 0 Å². The van der Waals surface area contributed by atoms with Crippen LogP contribution in [-0.4, -0.2) is 14.4 Å². The second kappa shape index (κ2) is 2.92. The standard InChI is InChI=1S/C10H7N3S/c1-3-12-10-5-11-7-13(10)9(1)8-2-4-14-6-8/h1-7H. The van der Waals surface area contributed by atoms with Gasteiger partial charge in [-0.25, -0.2) is 9.97 Å². The lowest BCUT2D eigenvalue weighted by atomic mass is 10.2. The van der Waals surface area contributed by atoms with Crippen molar-refractivity contribution in [1.82, 2.24) is 14.4 Å². The smallest absolute Gasteiger partial charge is 0.156 e. The number of imidazole rings is 1. The topological polar surface area (TPSA) is 30.2 Å². The maximum Gasteiger partial charge on any atom is 0.156 e. The Balaban J connectivity index is 2.36. The molecule has 4 heteroatoms. The van der Waals surface area contributed by atoms with Crippen molar-refractivity contribution in [3.8, 4) is 11.3 Å². The van der Waals surface area contributed by atoms with Crippen LogP contribution in [0.15, 0.2) is 41.6 Å². The van der Waals surface area contributed by atoms with E-state index in [9.17, 15) is 0 Å². The average Bonchev–Trinajstić information content (AvgIpc) is 2.88. The van der Waals surface area contributed by atoms with E-state index in [1.165, 1.54) is 5.56 Å². The van der Waals surface area contributed by atoms with E-state index in [2.05, 4.69) is 26.8 Å². The highest BCUT2D eigenvalue weighted by Gasteiger charge is 2.03. The van der Waals surface area contributed by atoms with Gasteiger partial charge in [0, 0.05) is 17.1 Å². The third kappa shape index (κ3) is 1.04. The average molecular weight is 201 g/mol. The van der Waals surface area contributed by atoms with Crippen LogP contribution in [0, 0.1) is 0 Å². The zero-order valence-corrected chi connectivity index (χ0v) is 8.11. The van der Waals surface area contributed by atoms with Gasteiger partial charge in [0.1, 0.15) is 6.33 Å². The second-order valence-corrected chi connectivity index (χ2v) is 3.74. The molecule has 0 saturated heterocycles. The summed E-state index contributed by atoms with van der Waals surface area (Å²) in [4.78, 5) is 8.29. The molecule has 0 aromatic carbocycles. The number of rotatable bonds is 1. The molecule has 3 aromatic heterocycles. The Morgan fingerprint density at radius 3 is 3.14 bits per heavy atom. The minimum Gasteiger partial charge on any atom is -0.283 e. The van der Waals surface area contributed by atoms with Crippen LogP contribution < -0.4 is 0 Å². The van der Waals surface area contributed by atoms with Gasteiger partial charge in [-0.3, -0.25) is 4.40 Å². The van der Waals surface area contributed by atoms with Gasteiger partial charge in [0.05, 0.1) is 11.9 Å². The fourth-order valence-electron chi connectivity index (χ4n) is 1.48. The Labute approximate surface area is 84.7 Å². The quantitative estimate of drug-likeness (QED) is 0.605. The van der Waals surface area contributed by atoms with Crippen molar-refractivity contribution in [3.63, 3.8) is 0 Å². The first-order valence-electron chi connectivity index (χ1n) is 4.25. The van der Waals surface area contributed by atoms with Crippen molar-refractivity contribution in [1.29, 1.82) is 0 Å². The highest BCUT2D eigenvalue weighted by atomic mass is 32.1. The summed E-state index contributed by atoms with van der Waals surface area (Å²) >= 11 is 1.69. The van der Waals surface area contributed by atoms with Gasteiger partial charge >= 0.3 is 0 Å². The van der Waals surface area contributed by atoms with E-state index in [1.54, 1.807) is 23.9 Å². The Kier molecular flexibility index (Phi) is 1.61. The minimum absolute atomic E-state index is 0.883. The summed E-state index contributed by atoms with van der Waals surface area (Å²) in [5.74, 6) is 0. The molecular weight excluding hydrogens is 194 g/mol. The highest BCUT2D eigenvalue weighted by molar-refractivity contribution is 7.08. The number of thiophene rings is 1. The van der Waals surface area contributed by atoms with E-state index in [-0.39, 0.29) is 0 Å². The van der Waals surface area contributed by atoms with Crippen molar-refractivity contribution in [2.75, 3.05) is 0 Å². The van der Waals surface area contributed by atoms with Gasteiger partial charge in [-0.1, -0.05) is 0 Å². The lowest BCUT2D eigenvalue weighted by Gasteiger charge is -2.01. The molecule has 3 rings (SSSR count). The van der Waals surface area contributed by atoms with E-state index in [4.69, 9.17) is 0 Å². The molecule has 3 heterocycles. The predicted octanol–water partition coefficient (Wildman–Crippen LogP) is 2.46. The summed E-state index contributed by atoms with van der Waals surface area (Å²) in [5, 5.41) is 4.19. The lowest BCUT2D eigenvalue weighted by molar-refractivity contribution is 1.12. The molecule has 3 aromatic rings. The monoisotopic (exact) mass is 201 g/mol. The van der Waals surface area contributed by atoms with E-state index in [0.29, 0.717) is 0 Å². The molecule has 0 fully saturated rings. The van der Waals surface area contributed by atoms with E-state index in [0.717, 1.165) is 11.3 Å². The van der Waals surface area contributed by atoms with E-state index >= 15 is 0 Å². The molecule has 0 aliphatic heterocycles. The van der Waals surface area contributed by atoms with Crippen LogP contribution in [0.4, 0.5) is 0 Å². The van der Waals surface area contributed by atoms with Crippen LogP contribution in [-0.2, 0) is 0 Å².